The first kappa shape index (κ1) is 13.9. The smallest absolute Gasteiger partial charge is 0.220 e. The molecule has 0 spiro atoms. The van der Waals surface area contributed by atoms with E-state index >= 15 is 0 Å². The van der Waals surface area contributed by atoms with Crippen LogP contribution < -0.4 is 10.6 Å². The highest BCUT2D eigenvalue weighted by molar-refractivity contribution is 5.76. The van der Waals surface area contributed by atoms with E-state index in [-0.39, 0.29) is 5.91 Å². The lowest BCUT2D eigenvalue weighted by molar-refractivity contribution is -0.122. The Bertz CT molecular complexity index is 261. The van der Waals surface area contributed by atoms with E-state index in [1.807, 2.05) is 0 Å². The Morgan fingerprint density at radius 1 is 1.17 bits per heavy atom. The van der Waals surface area contributed by atoms with E-state index in [1.54, 1.807) is 0 Å². The van der Waals surface area contributed by atoms with Crippen LogP contribution in [0.1, 0.15) is 51.9 Å². The summed E-state index contributed by atoms with van der Waals surface area (Å²) in [6, 6.07) is 0. The average Bonchev–Trinajstić information content (AvgIpc) is 2.39. The van der Waals surface area contributed by atoms with Crippen LogP contribution in [0.25, 0.3) is 0 Å². The highest BCUT2D eigenvalue weighted by Crippen LogP contribution is 2.28. The Labute approximate surface area is 111 Å². The topological polar surface area (TPSA) is 41.1 Å². The van der Waals surface area contributed by atoms with E-state index < -0.39 is 0 Å². The molecule has 0 bridgehead atoms. The molecule has 3 nitrogen and oxygen atoms in total. The third-order valence-electron chi connectivity index (χ3n) is 4.78. The highest BCUT2D eigenvalue weighted by Gasteiger charge is 2.22. The average molecular weight is 252 g/mol. The minimum Gasteiger partial charge on any atom is -0.356 e. The summed E-state index contributed by atoms with van der Waals surface area (Å²) >= 11 is 0. The van der Waals surface area contributed by atoms with Gasteiger partial charge in [-0.3, -0.25) is 4.79 Å². The van der Waals surface area contributed by atoms with Crippen molar-refractivity contribution in [1.29, 1.82) is 0 Å². The minimum atomic E-state index is 0.277. The zero-order valence-corrected chi connectivity index (χ0v) is 11.7. The Kier molecular flexibility index (Phi) is 5.48. The van der Waals surface area contributed by atoms with Crippen molar-refractivity contribution in [3.05, 3.63) is 0 Å². The van der Waals surface area contributed by atoms with E-state index in [2.05, 4.69) is 17.6 Å². The number of nitrogens with one attached hydrogen (secondary N) is 2. The molecule has 1 amide bonds. The molecule has 0 aromatic carbocycles. The number of carbonyl (C=O) groups is 1. The van der Waals surface area contributed by atoms with Crippen molar-refractivity contribution in [3.8, 4) is 0 Å². The fraction of sp³-hybridized carbons (Fsp3) is 0.933. The monoisotopic (exact) mass is 252 g/mol. The largest absolute Gasteiger partial charge is 0.356 e. The molecular weight excluding hydrogens is 224 g/mol. The summed E-state index contributed by atoms with van der Waals surface area (Å²) < 4.78 is 0. The predicted octanol–water partition coefficient (Wildman–Crippen LogP) is 2.32. The maximum Gasteiger partial charge on any atom is 0.220 e. The van der Waals surface area contributed by atoms with E-state index in [0.29, 0.717) is 5.92 Å². The molecule has 1 saturated heterocycles. The molecule has 0 aromatic rings. The van der Waals surface area contributed by atoms with Crippen molar-refractivity contribution < 1.29 is 4.79 Å². The molecule has 2 atom stereocenters. The van der Waals surface area contributed by atoms with Crippen LogP contribution in [-0.4, -0.2) is 25.5 Å². The molecule has 1 saturated carbocycles. The van der Waals surface area contributed by atoms with E-state index in [9.17, 15) is 4.79 Å². The number of rotatable bonds is 4. The first-order valence-electron chi connectivity index (χ1n) is 7.73. The quantitative estimate of drug-likeness (QED) is 0.806. The van der Waals surface area contributed by atoms with Gasteiger partial charge in [-0.25, -0.2) is 0 Å². The van der Waals surface area contributed by atoms with Gasteiger partial charge in [-0.15, -0.1) is 0 Å². The predicted molar refractivity (Wildman–Crippen MR) is 74.3 cm³/mol. The lowest BCUT2D eigenvalue weighted by Crippen LogP contribution is -2.36. The molecule has 2 fully saturated rings. The molecule has 1 aliphatic heterocycles. The zero-order valence-electron chi connectivity index (χ0n) is 11.7. The van der Waals surface area contributed by atoms with Gasteiger partial charge in [-0.2, -0.15) is 0 Å². The second kappa shape index (κ2) is 7.13. The molecule has 104 valence electrons. The minimum absolute atomic E-state index is 0.277. The van der Waals surface area contributed by atoms with Crippen LogP contribution in [0.2, 0.25) is 0 Å². The van der Waals surface area contributed by atoms with Gasteiger partial charge in [0.05, 0.1) is 0 Å². The van der Waals surface area contributed by atoms with E-state index in [1.165, 1.54) is 25.7 Å². The SMILES string of the molecule is CC1CCCCC1CNC(=O)CC1CCNCC1. The maximum absolute atomic E-state index is 11.9. The summed E-state index contributed by atoms with van der Waals surface area (Å²) in [7, 11) is 0. The molecule has 2 N–H and O–H groups in total. The Morgan fingerprint density at radius 2 is 1.89 bits per heavy atom. The normalized spacial score (nSPS) is 30.1. The van der Waals surface area contributed by atoms with Crippen molar-refractivity contribution in [2.24, 2.45) is 17.8 Å². The second-order valence-electron chi connectivity index (χ2n) is 6.22. The molecule has 0 aromatic heterocycles. The van der Waals surface area contributed by atoms with E-state index in [4.69, 9.17) is 0 Å². The van der Waals surface area contributed by atoms with Gasteiger partial charge in [0.25, 0.3) is 0 Å². The molecule has 0 radical (unpaired) electrons. The van der Waals surface area contributed by atoms with Gasteiger partial charge in [0.15, 0.2) is 0 Å². The van der Waals surface area contributed by atoms with Gasteiger partial charge in [-0.05, 0) is 50.1 Å². The molecular formula is C15H28N2O. The first-order valence-corrected chi connectivity index (χ1v) is 7.73. The third kappa shape index (κ3) is 4.27. The van der Waals surface area contributed by atoms with Crippen LogP contribution in [0, 0.1) is 17.8 Å². The van der Waals surface area contributed by atoms with Crippen LogP contribution in [0.3, 0.4) is 0 Å². The molecule has 1 aliphatic carbocycles. The van der Waals surface area contributed by atoms with Crippen molar-refractivity contribution in [2.45, 2.75) is 51.9 Å². The van der Waals surface area contributed by atoms with Crippen molar-refractivity contribution >= 4 is 5.91 Å². The van der Waals surface area contributed by atoms with Gasteiger partial charge in [-0.1, -0.05) is 26.2 Å². The molecule has 3 heteroatoms. The third-order valence-corrected chi connectivity index (χ3v) is 4.78. The lowest BCUT2D eigenvalue weighted by Gasteiger charge is -2.29. The molecule has 2 unspecified atom stereocenters. The zero-order chi connectivity index (χ0) is 12.8. The standard InChI is InChI=1S/C15H28N2O/c1-12-4-2-3-5-14(12)11-17-15(18)10-13-6-8-16-9-7-13/h12-14,16H,2-11H2,1H3,(H,17,18). The van der Waals surface area contributed by atoms with Crippen LogP contribution in [0.4, 0.5) is 0 Å². The summed E-state index contributed by atoms with van der Waals surface area (Å²) in [5, 5.41) is 6.52. The number of hydrogen-bond acceptors (Lipinski definition) is 2. The Balaban J connectivity index is 1.64. The van der Waals surface area contributed by atoms with Gasteiger partial charge >= 0.3 is 0 Å². The molecule has 2 aliphatic rings. The van der Waals surface area contributed by atoms with Gasteiger partial charge < -0.3 is 10.6 Å². The second-order valence-corrected chi connectivity index (χ2v) is 6.22. The summed E-state index contributed by atoms with van der Waals surface area (Å²) in [5.41, 5.74) is 0. The number of hydrogen-bond donors (Lipinski definition) is 2. The fourth-order valence-corrected chi connectivity index (χ4v) is 3.36. The van der Waals surface area contributed by atoms with Crippen LogP contribution in [0.5, 0.6) is 0 Å². The van der Waals surface area contributed by atoms with Crippen LogP contribution in [0.15, 0.2) is 0 Å². The lowest BCUT2D eigenvalue weighted by atomic mass is 9.80. The van der Waals surface area contributed by atoms with Crippen molar-refractivity contribution in [1.82, 2.24) is 10.6 Å². The van der Waals surface area contributed by atoms with E-state index in [0.717, 1.165) is 50.7 Å². The summed E-state index contributed by atoms with van der Waals surface area (Å²) in [4.78, 5) is 11.9. The van der Waals surface area contributed by atoms with Gasteiger partial charge in [0, 0.05) is 13.0 Å². The molecule has 2 rings (SSSR count). The number of carbonyl (C=O) groups excluding carboxylic acids is 1. The van der Waals surface area contributed by atoms with Gasteiger partial charge in [0.1, 0.15) is 0 Å². The Hall–Kier alpha value is -0.570. The number of piperidine rings is 1. The molecule has 1 heterocycles. The maximum atomic E-state index is 11.9. The van der Waals surface area contributed by atoms with Crippen LogP contribution in [-0.2, 0) is 4.79 Å². The highest BCUT2D eigenvalue weighted by atomic mass is 16.1. The van der Waals surface area contributed by atoms with Crippen molar-refractivity contribution in [2.75, 3.05) is 19.6 Å². The van der Waals surface area contributed by atoms with Gasteiger partial charge in [0.2, 0.25) is 5.91 Å². The first-order chi connectivity index (χ1) is 8.75. The summed E-state index contributed by atoms with van der Waals surface area (Å²) in [6.45, 7) is 5.41. The summed E-state index contributed by atoms with van der Waals surface area (Å²) in [6.07, 6.45) is 8.42. The Morgan fingerprint density at radius 3 is 2.61 bits per heavy atom. The molecule has 18 heavy (non-hydrogen) atoms. The van der Waals surface area contributed by atoms with Crippen LogP contribution >= 0.6 is 0 Å². The fourth-order valence-electron chi connectivity index (χ4n) is 3.36. The number of amides is 1. The van der Waals surface area contributed by atoms with Crippen molar-refractivity contribution in [3.63, 3.8) is 0 Å². The summed E-state index contributed by atoms with van der Waals surface area (Å²) in [5.74, 6) is 2.39.